The number of rotatable bonds is 8. The normalized spacial score (nSPS) is 26.0. The molecule has 15 heavy (non-hydrogen) atoms. The molecule has 4 nitrogen and oxygen atoms in total. The molecular weight excluding hydrogens is 194 g/mol. The molecule has 1 atom stereocenters. The van der Waals surface area contributed by atoms with Crippen molar-refractivity contribution < 1.29 is 14.2 Å². The minimum Gasteiger partial charge on any atom is -0.385 e. The van der Waals surface area contributed by atoms with Crippen LogP contribution in [0.15, 0.2) is 0 Å². The van der Waals surface area contributed by atoms with Crippen LogP contribution in [0.2, 0.25) is 0 Å². The second-order valence-corrected chi connectivity index (χ2v) is 4.21. The molecule has 1 heterocycles. The molecule has 4 heteroatoms. The lowest BCUT2D eigenvalue weighted by atomic mass is 9.84. The molecule has 0 saturated carbocycles. The highest BCUT2D eigenvalue weighted by Gasteiger charge is 2.33. The van der Waals surface area contributed by atoms with Crippen LogP contribution in [0.3, 0.4) is 0 Å². The number of ether oxygens (including phenoxy) is 3. The predicted molar refractivity (Wildman–Crippen MR) is 59.1 cm³/mol. The largest absolute Gasteiger partial charge is 0.385 e. The van der Waals surface area contributed by atoms with E-state index in [1.807, 2.05) is 0 Å². The Morgan fingerprint density at radius 1 is 1.27 bits per heavy atom. The molecule has 0 radical (unpaired) electrons. The minimum absolute atomic E-state index is 0.281. The van der Waals surface area contributed by atoms with E-state index in [1.54, 1.807) is 14.2 Å². The van der Waals surface area contributed by atoms with Gasteiger partial charge in [-0.2, -0.15) is 0 Å². The summed E-state index contributed by atoms with van der Waals surface area (Å²) < 4.78 is 15.6. The molecule has 0 aromatic rings. The van der Waals surface area contributed by atoms with Crippen molar-refractivity contribution in [3.05, 3.63) is 0 Å². The molecule has 0 aromatic heterocycles. The van der Waals surface area contributed by atoms with E-state index in [4.69, 9.17) is 14.2 Å². The van der Waals surface area contributed by atoms with Gasteiger partial charge in [-0.15, -0.1) is 0 Å². The molecule has 90 valence electrons. The van der Waals surface area contributed by atoms with Crippen LogP contribution in [-0.4, -0.2) is 53.7 Å². The highest BCUT2D eigenvalue weighted by atomic mass is 16.5. The van der Waals surface area contributed by atoms with Crippen molar-refractivity contribution in [2.75, 3.05) is 53.7 Å². The average Bonchev–Trinajstić information content (AvgIpc) is 2.71. The Hall–Kier alpha value is -0.160. The van der Waals surface area contributed by atoms with Crippen LogP contribution in [-0.2, 0) is 14.2 Å². The van der Waals surface area contributed by atoms with Gasteiger partial charge < -0.3 is 19.5 Å². The van der Waals surface area contributed by atoms with E-state index in [1.165, 1.54) is 0 Å². The monoisotopic (exact) mass is 217 g/mol. The molecular formula is C11H23NO3. The Labute approximate surface area is 92.3 Å². The van der Waals surface area contributed by atoms with Crippen molar-refractivity contribution in [2.45, 2.75) is 12.8 Å². The number of nitrogens with one attached hydrogen (secondary N) is 1. The van der Waals surface area contributed by atoms with Gasteiger partial charge in [0, 0.05) is 45.9 Å². The topological polar surface area (TPSA) is 39.7 Å². The van der Waals surface area contributed by atoms with Gasteiger partial charge in [0.2, 0.25) is 0 Å². The molecule has 1 aliphatic heterocycles. The van der Waals surface area contributed by atoms with E-state index in [-0.39, 0.29) is 5.41 Å². The zero-order valence-electron chi connectivity index (χ0n) is 9.88. The van der Waals surface area contributed by atoms with Crippen molar-refractivity contribution in [1.82, 2.24) is 5.32 Å². The maximum atomic E-state index is 5.49. The number of hydrogen-bond acceptors (Lipinski definition) is 4. The Kier molecular flexibility index (Phi) is 6.17. The second kappa shape index (κ2) is 7.17. The fourth-order valence-electron chi connectivity index (χ4n) is 1.92. The van der Waals surface area contributed by atoms with Crippen molar-refractivity contribution in [2.24, 2.45) is 5.41 Å². The molecule has 1 aliphatic rings. The third kappa shape index (κ3) is 4.47. The van der Waals surface area contributed by atoms with Gasteiger partial charge in [-0.3, -0.25) is 0 Å². The summed E-state index contributed by atoms with van der Waals surface area (Å²) in [7, 11) is 3.48. The molecule has 1 rings (SSSR count). The predicted octanol–water partition coefficient (Wildman–Crippen LogP) is 0.666. The summed E-state index contributed by atoms with van der Waals surface area (Å²) >= 11 is 0. The van der Waals surface area contributed by atoms with Gasteiger partial charge in [-0.25, -0.2) is 0 Å². The maximum Gasteiger partial charge on any atom is 0.0587 e. The van der Waals surface area contributed by atoms with Gasteiger partial charge in [0.05, 0.1) is 13.2 Å². The molecule has 0 aliphatic carbocycles. The van der Waals surface area contributed by atoms with Crippen LogP contribution in [0.5, 0.6) is 0 Å². The maximum absolute atomic E-state index is 5.49. The van der Waals surface area contributed by atoms with E-state index in [2.05, 4.69) is 5.32 Å². The van der Waals surface area contributed by atoms with Crippen LogP contribution >= 0.6 is 0 Å². The van der Waals surface area contributed by atoms with E-state index < -0.39 is 0 Å². The molecule has 1 N–H and O–H groups in total. The average molecular weight is 217 g/mol. The molecule has 0 bridgehead atoms. The lowest BCUT2D eigenvalue weighted by Gasteiger charge is -2.27. The fourth-order valence-corrected chi connectivity index (χ4v) is 1.92. The summed E-state index contributed by atoms with van der Waals surface area (Å²) in [6.45, 7) is 5.23. The highest BCUT2D eigenvalue weighted by molar-refractivity contribution is 4.85. The summed E-state index contributed by atoms with van der Waals surface area (Å²) in [5.74, 6) is 0. The molecule has 0 spiro atoms. The first kappa shape index (κ1) is 12.9. The van der Waals surface area contributed by atoms with Crippen LogP contribution in [0.25, 0.3) is 0 Å². The summed E-state index contributed by atoms with van der Waals surface area (Å²) in [6.07, 6.45) is 2.21. The van der Waals surface area contributed by atoms with Crippen LogP contribution in [0, 0.1) is 5.41 Å². The quantitative estimate of drug-likeness (QED) is 0.606. The van der Waals surface area contributed by atoms with E-state index in [0.717, 1.165) is 52.4 Å². The standard InChI is InChI=1S/C11H23NO3/c1-13-6-3-11(4-7-15-10-11)9-12-5-8-14-2/h12H,3-10H2,1-2H3. The smallest absolute Gasteiger partial charge is 0.0587 e. The summed E-state index contributed by atoms with van der Waals surface area (Å²) in [5, 5.41) is 3.42. The van der Waals surface area contributed by atoms with E-state index in [0.29, 0.717) is 0 Å². The SMILES string of the molecule is COCCNCC1(CCOC)CCOC1. The Balaban J connectivity index is 2.23. The van der Waals surface area contributed by atoms with Gasteiger partial charge in [0.25, 0.3) is 0 Å². The highest BCUT2D eigenvalue weighted by Crippen LogP contribution is 2.31. The summed E-state index contributed by atoms with van der Waals surface area (Å²) in [4.78, 5) is 0. The molecule has 0 aromatic carbocycles. The van der Waals surface area contributed by atoms with Crippen LogP contribution < -0.4 is 5.32 Å². The van der Waals surface area contributed by atoms with Crippen molar-refractivity contribution in [1.29, 1.82) is 0 Å². The first-order chi connectivity index (χ1) is 7.33. The van der Waals surface area contributed by atoms with Crippen molar-refractivity contribution >= 4 is 0 Å². The van der Waals surface area contributed by atoms with Gasteiger partial charge in [-0.05, 0) is 12.8 Å². The molecule has 1 saturated heterocycles. The molecule has 1 unspecified atom stereocenters. The molecule has 1 fully saturated rings. The zero-order valence-corrected chi connectivity index (χ0v) is 9.88. The van der Waals surface area contributed by atoms with Gasteiger partial charge in [0.15, 0.2) is 0 Å². The number of methoxy groups -OCH3 is 2. The zero-order chi connectivity index (χ0) is 11.0. The first-order valence-corrected chi connectivity index (χ1v) is 5.59. The Morgan fingerprint density at radius 2 is 2.07 bits per heavy atom. The minimum atomic E-state index is 0.281. The summed E-state index contributed by atoms with van der Waals surface area (Å²) in [6, 6.07) is 0. The van der Waals surface area contributed by atoms with Gasteiger partial charge in [0.1, 0.15) is 0 Å². The van der Waals surface area contributed by atoms with Crippen LogP contribution in [0.1, 0.15) is 12.8 Å². The van der Waals surface area contributed by atoms with E-state index >= 15 is 0 Å². The number of hydrogen-bond donors (Lipinski definition) is 1. The van der Waals surface area contributed by atoms with Gasteiger partial charge >= 0.3 is 0 Å². The fraction of sp³-hybridized carbons (Fsp3) is 1.00. The second-order valence-electron chi connectivity index (χ2n) is 4.21. The third-order valence-electron chi connectivity index (χ3n) is 3.00. The first-order valence-electron chi connectivity index (χ1n) is 5.59. The van der Waals surface area contributed by atoms with Crippen LogP contribution in [0.4, 0.5) is 0 Å². The van der Waals surface area contributed by atoms with Crippen molar-refractivity contribution in [3.63, 3.8) is 0 Å². The lowest BCUT2D eigenvalue weighted by molar-refractivity contribution is 0.104. The summed E-state index contributed by atoms with van der Waals surface area (Å²) in [5.41, 5.74) is 0.281. The molecule has 0 amide bonds. The Morgan fingerprint density at radius 3 is 2.67 bits per heavy atom. The van der Waals surface area contributed by atoms with E-state index in [9.17, 15) is 0 Å². The third-order valence-corrected chi connectivity index (χ3v) is 3.00. The Bertz CT molecular complexity index is 158. The lowest BCUT2D eigenvalue weighted by Crippen LogP contribution is -2.37. The van der Waals surface area contributed by atoms with Crippen molar-refractivity contribution in [3.8, 4) is 0 Å². The van der Waals surface area contributed by atoms with Gasteiger partial charge in [-0.1, -0.05) is 0 Å².